The van der Waals surface area contributed by atoms with E-state index in [-0.39, 0.29) is 18.6 Å². The molecule has 0 aromatic carbocycles. The highest BCUT2D eigenvalue weighted by atomic mass is 16.3. The molecule has 3 heteroatoms. The molecule has 1 heterocycles. The van der Waals surface area contributed by atoms with Gasteiger partial charge >= 0.3 is 0 Å². The van der Waals surface area contributed by atoms with Crippen LogP contribution in [0.5, 0.6) is 0 Å². The molecule has 3 N–H and O–H groups in total. The first-order chi connectivity index (χ1) is 5.25. The highest BCUT2D eigenvalue weighted by Crippen LogP contribution is 2.18. The third-order valence-electron chi connectivity index (χ3n) is 1.77. The Bertz CT molecular complexity index is 196. The van der Waals surface area contributed by atoms with Crippen LogP contribution in [0.3, 0.4) is 0 Å². The second-order valence-corrected chi connectivity index (χ2v) is 2.70. The SMILES string of the molecule is CC(CO)C(N)c1ccco1. The molecule has 1 rings (SSSR count). The van der Waals surface area contributed by atoms with E-state index in [0.29, 0.717) is 0 Å². The maximum atomic E-state index is 8.78. The molecule has 3 nitrogen and oxygen atoms in total. The van der Waals surface area contributed by atoms with Crippen molar-refractivity contribution in [2.45, 2.75) is 13.0 Å². The Morgan fingerprint density at radius 2 is 2.45 bits per heavy atom. The van der Waals surface area contributed by atoms with Crippen LogP contribution in [0.25, 0.3) is 0 Å². The molecular formula is C8H13NO2. The second kappa shape index (κ2) is 3.55. The number of furan rings is 1. The van der Waals surface area contributed by atoms with E-state index >= 15 is 0 Å². The smallest absolute Gasteiger partial charge is 0.120 e. The minimum absolute atomic E-state index is 0.0427. The molecule has 0 amide bonds. The third kappa shape index (κ3) is 1.82. The number of nitrogens with two attached hydrogens (primary N) is 1. The summed E-state index contributed by atoms with van der Waals surface area (Å²) in [5.74, 6) is 0.771. The molecule has 0 aliphatic rings. The fraction of sp³-hybridized carbons (Fsp3) is 0.500. The molecule has 0 saturated carbocycles. The van der Waals surface area contributed by atoms with Crippen LogP contribution in [0.1, 0.15) is 18.7 Å². The maximum absolute atomic E-state index is 8.78. The van der Waals surface area contributed by atoms with Gasteiger partial charge in [-0.15, -0.1) is 0 Å². The molecule has 0 fully saturated rings. The Balaban J connectivity index is 2.62. The second-order valence-electron chi connectivity index (χ2n) is 2.70. The predicted molar refractivity (Wildman–Crippen MR) is 41.9 cm³/mol. The Morgan fingerprint density at radius 1 is 1.73 bits per heavy atom. The predicted octanol–water partition coefficient (Wildman–Crippen LogP) is 0.908. The first-order valence-electron chi connectivity index (χ1n) is 3.65. The van der Waals surface area contributed by atoms with Crippen molar-refractivity contribution in [2.24, 2.45) is 11.7 Å². The molecule has 1 aromatic rings. The van der Waals surface area contributed by atoms with Crippen LogP contribution in [0.15, 0.2) is 22.8 Å². The van der Waals surface area contributed by atoms with Gasteiger partial charge in [-0.1, -0.05) is 6.92 Å². The fourth-order valence-electron chi connectivity index (χ4n) is 0.875. The molecule has 0 aliphatic heterocycles. The topological polar surface area (TPSA) is 59.4 Å². The number of aliphatic hydroxyl groups is 1. The van der Waals surface area contributed by atoms with Gasteiger partial charge in [-0.05, 0) is 12.1 Å². The van der Waals surface area contributed by atoms with Crippen LogP contribution in [0.4, 0.5) is 0 Å². The van der Waals surface area contributed by atoms with Crippen LogP contribution in [-0.4, -0.2) is 11.7 Å². The summed E-state index contributed by atoms with van der Waals surface area (Å²) in [6, 6.07) is 3.41. The van der Waals surface area contributed by atoms with E-state index in [0.717, 1.165) is 5.76 Å². The van der Waals surface area contributed by atoms with E-state index in [1.54, 1.807) is 12.3 Å². The van der Waals surface area contributed by atoms with Crippen LogP contribution < -0.4 is 5.73 Å². The summed E-state index contributed by atoms with van der Waals surface area (Å²) in [7, 11) is 0. The van der Waals surface area contributed by atoms with E-state index in [9.17, 15) is 0 Å². The van der Waals surface area contributed by atoms with Gasteiger partial charge in [0, 0.05) is 12.5 Å². The molecule has 62 valence electrons. The summed E-state index contributed by atoms with van der Waals surface area (Å²) in [4.78, 5) is 0. The summed E-state index contributed by atoms with van der Waals surface area (Å²) < 4.78 is 5.08. The largest absolute Gasteiger partial charge is 0.468 e. The van der Waals surface area contributed by atoms with Crippen molar-refractivity contribution in [1.82, 2.24) is 0 Å². The zero-order chi connectivity index (χ0) is 8.27. The summed E-state index contributed by atoms with van der Waals surface area (Å²) >= 11 is 0. The van der Waals surface area contributed by atoms with Crippen molar-refractivity contribution in [2.75, 3.05) is 6.61 Å². The first-order valence-corrected chi connectivity index (χ1v) is 3.65. The van der Waals surface area contributed by atoms with Gasteiger partial charge in [-0.3, -0.25) is 0 Å². The Morgan fingerprint density at radius 3 is 2.91 bits per heavy atom. The summed E-state index contributed by atoms with van der Waals surface area (Å²) in [5, 5.41) is 8.78. The Labute approximate surface area is 65.8 Å². The zero-order valence-corrected chi connectivity index (χ0v) is 6.53. The third-order valence-corrected chi connectivity index (χ3v) is 1.77. The highest BCUT2D eigenvalue weighted by molar-refractivity contribution is 5.04. The normalized spacial score (nSPS) is 16.3. The average molecular weight is 155 g/mol. The number of aliphatic hydroxyl groups excluding tert-OH is 1. The van der Waals surface area contributed by atoms with Gasteiger partial charge in [0.15, 0.2) is 0 Å². The van der Waals surface area contributed by atoms with Crippen molar-refractivity contribution in [3.05, 3.63) is 24.2 Å². The van der Waals surface area contributed by atoms with Gasteiger partial charge < -0.3 is 15.3 Å². The van der Waals surface area contributed by atoms with Gasteiger partial charge in [0.05, 0.1) is 12.3 Å². The molecule has 11 heavy (non-hydrogen) atoms. The van der Waals surface area contributed by atoms with Gasteiger partial charge in [-0.25, -0.2) is 0 Å². The molecule has 1 aromatic heterocycles. The molecule has 0 bridgehead atoms. The highest BCUT2D eigenvalue weighted by Gasteiger charge is 2.15. The molecule has 2 unspecified atom stereocenters. The van der Waals surface area contributed by atoms with Crippen LogP contribution in [0, 0.1) is 5.92 Å². The molecular weight excluding hydrogens is 142 g/mol. The van der Waals surface area contributed by atoms with E-state index in [1.807, 2.05) is 13.0 Å². The van der Waals surface area contributed by atoms with Crippen LogP contribution >= 0.6 is 0 Å². The average Bonchev–Trinajstić information content (AvgIpc) is 2.53. The van der Waals surface area contributed by atoms with E-state index in [2.05, 4.69) is 0 Å². The number of hydrogen-bond donors (Lipinski definition) is 2. The van der Waals surface area contributed by atoms with E-state index < -0.39 is 0 Å². The number of rotatable bonds is 3. The summed E-state index contributed by atoms with van der Waals surface area (Å²) in [6.07, 6.45) is 1.58. The fourth-order valence-corrected chi connectivity index (χ4v) is 0.875. The van der Waals surface area contributed by atoms with E-state index in [4.69, 9.17) is 15.3 Å². The van der Waals surface area contributed by atoms with Crippen molar-refractivity contribution < 1.29 is 9.52 Å². The minimum Gasteiger partial charge on any atom is -0.468 e. The minimum atomic E-state index is -0.199. The number of hydrogen-bond acceptors (Lipinski definition) is 3. The standard InChI is InChI=1S/C8H13NO2/c1-6(5-10)8(9)7-3-2-4-11-7/h2-4,6,8,10H,5,9H2,1H3. The Kier molecular flexibility index (Phi) is 2.68. The van der Waals surface area contributed by atoms with Crippen molar-refractivity contribution >= 4 is 0 Å². The van der Waals surface area contributed by atoms with Crippen molar-refractivity contribution in [1.29, 1.82) is 0 Å². The van der Waals surface area contributed by atoms with Crippen LogP contribution in [-0.2, 0) is 0 Å². The molecule has 0 saturated heterocycles. The zero-order valence-electron chi connectivity index (χ0n) is 6.53. The van der Waals surface area contributed by atoms with Crippen LogP contribution in [0.2, 0.25) is 0 Å². The lowest BCUT2D eigenvalue weighted by molar-refractivity contribution is 0.207. The molecule has 0 aliphatic carbocycles. The van der Waals surface area contributed by atoms with Gasteiger partial charge in [0.2, 0.25) is 0 Å². The lowest BCUT2D eigenvalue weighted by Crippen LogP contribution is -2.21. The van der Waals surface area contributed by atoms with Crippen molar-refractivity contribution in [3.63, 3.8) is 0 Å². The van der Waals surface area contributed by atoms with Gasteiger partial charge in [0.1, 0.15) is 5.76 Å². The Hall–Kier alpha value is -0.800. The monoisotopic (exact) mass is 155 g/mol. The molecule has 0 spiro atoms. The van der Waals surface area contributed by atoms with Crippen molar-refractivity contribution in [3.8, 4) is 0 Å². The maximum Gasteiger partial charge on any atom is 0.120 e. The van der Waals surface area contributed by atoms with Gasteiger partial charge in [-0.2, -0.15) is 0 Å². The molecule has 2 atom stereocenters. The summed E-state index contributed by atoms with van der Waals surface area (Å²) in [6.45, 7) is 1.97. The summed E-state index contributed by atoms with van der Waals surface area (Å²) in [5.41, 5.74) is 5.74. The lowest BCUT2D eigenvalue weighted by atomic mass is 10.0. The van der Waals surface area contributed by atoms with E-state index in [1.165, 1.54) is 0 Å². The quantitative estimate of drug-likeness (QED) is 0.682. The van der Waals surface area contributed by atoms with Gasteiger partial charge in [0.25, 0.3) is 0 Å². The lowest BCUT2D eigenvalue weighted by Gasteiger charge is -2.14. The first kappa shape index (κ1) is 8.30. The molecule has 0 radical (unpaired) electrons.